The Hall–Kier alpha value is -2.68. The normalized spacial score (nSPS) is 20.8. The van der Waals surface area contributed by atoms with E-state index < -0.39 is 82.9 Å². The first-order valence-electron chi connectivity index (χ1n) is 10.2. The third-order valence-corrected chi connectivity index (χ3v) is 6.24. The number of nitrogens with zero attached hydrogens (tertiary/aromatic N) is 1. The maximum absolute atomic E-state index is 14.3. The summed E-state index contributed by atoms with van der Waals surface area (Å²) in [5.41, 5.74) is -3.44. The van der Waals surface area contributed by atoms with Crippen LogP contribution in [0, 0.1) is 5.82 Å². The molecular formula is C17H17F6N3O5S. The zero-order chi connectivity index (χ0) is 26.4. The van der Waals surface area contributed by atoms with Gasteiger partial charge in [-0.05, 0) is 18.4 Å². The van der Waals surface area contributed by atoms with Gasteiger partial charge >= 0.3 is 12.8 Å². The number of ether oxygens (including phenoxy) is 3. The molecule has 2 N–H and O–H groups in total. The van der Waals surface area contributed by atoms with Crippen LogP contribution in [0.15, 0.2) is 17.2 Å². The molecule has 1 aliphatic rings. The number of aromatic nitrogens is 2. The summed E-state index contributed by atoms with van der Waals surface area (Å²) < 4.78 is 142. The van der Waals surface area contributed by atoms with Gasteiger partial charge in [0.1, 0.15) is 4.90 Å². The molecule has 0 fully saturated rings. The lowest BCUT2D eigenvalue weighted by molar-refractivity contribution is -0.273. The first kappa shape index (κ1) is 20.0. The Morgan fingerprint density at radius 3 is 2.69 bits per heavy atom. The summed E-state index contributed by atoms with van der Waals surface area (Å²) in [5, 5.41) is 0. The Kier molecular flexibility index (Phi) is 5.21. The van der Waals surface area contributed by atoms with Gasteiger partial charge < -0.3 is 19.2 Å². The third kappa shape index (κ3) is 4.30. The van der Waals surface area contributed by atoms with Crippen molar-refractivity contribution in [1.29, 1.82) is 0 Å². The number of anilines is 1. The molecule has 178 valence electrons. The summed E-state index contributed by atoms with van der Waals surface area (Å²) in [6.07, 6.45) is -6.71. The predicted molar refractivity (Wildman–Crippen MR) is 96.8 cm³/mol. The monoisotopic (exact) mass is 492 g/mol. The molecule has 2 aromatic heterocycles. The minimum atomic E-state index is -5.09. The second kappa shape index (κ2) is 8.35. The van der Waals surface area contributed by atoms with Gasteiger partial charge in [-0.15, -0.1) is 0 Å². The predicted octanol–water partition coefficient (Wildman–Crippen LogP) is 3.40. The SMILES string of the molecule is [2H]C([2H])([2H])O[C@]1(C(F)(F)F)CCc2c(S(=O)(=O)Nc3nc(OC)c(OC(F)F)cc3F)c[nH]c2C1. The summed E-state index contributed by atoms with van der Waals surface area (Å²) in [6.45, 7) is -3.35. The van der Waals surface area contributed by atoms with E-state index >= 15 is 0 Å². The van der Waals surface area contributed by atoms with Crippen molar-refractivity contribution in [3.05, 3.63) is 29.3 Å². The second-order valence-corrected chi connectivity index (χ2v) is 8.34. The number of rotatable bonds is 7. The quantitative estimate of drug-likeness (QED) is 0.575. The van der Waals surface area contributed by atoms with Crippen molar-refractivity contribution in [1.82, 2.24) is 9.97 Å². The van der Waals surface area contributed by atoms with Gasteiger partial charge in [0.05, 0.1) is 11.2 Å². The van der Waals surface area contributed by atoms with Crippen molar-refractivity contribution in [3.8, 4) is 11.6 Å². The second-order valence-electron chi connectivity index (χ2n) is 6.69. The van der Waals surface area contributed by atoms with Crippen LogP contribution in [-0.2, 0) is 27.6 Å². The maximum Gasteiger partial charge on any atom is 0.417 e. The number of halogens is 6. The molecule has 0 saturated heterocycles. The van der Waals surface area contributed by atoms with Gasteiger partial charge in [0.15, 0.2) is 23.0 Å². The van der Waals surface area contributed by atoms with E-state index in [-0.39, 0.29) is 11.3 Å². The number of methoxy groups -OCH3 is 2. The van der Waals surface area contributed by atoms with Crippen LogP contribution in [0.2, 0.25) is 0 Å². The molecule has 15 heteroatoms. The molecular weight excluding hydrogens is 472 g/mol. The van der Waals surface area contributed by atoms with E-state index in [1.807, 2.05) is 0 Å². The van der Waals surface area contributed by atoms with Crippen LogP contribution >= 0.6 is 0 Å². The van der Waals surface area contributed by atoms with E-state index in [2.05, 4.69) is 24.2 Å². The Labute approximate surface area is 182 Å². The molecule has 3 rings (SSSR count). The van der Waals surface area contributed by atoms with Crippen LogP contribution in [0.3, 0.4) is 0 Å². The van der Waals surface area contributed by atoms with Crippen LogP contribution in [0.1, 0.15) is 21.8 Å². The van der Waals surface area contributed by atoms with Gasteiger partial charge in [0.2, 0.25) is 0 Å². The Balaban J connectivity index is 1.94. The molecule has 8 nitrogen and oxygen atoms in total. The summed E-state index contributed by atoms with van der Waals surface area (Å²) in [4.78, 5) is 5.28. The van der Waals surface area contributed by atoms with E-state index in [1.54, 1.807) is 4.72 Å². The number of fused-ring (bicyclic) bond motifs is 1. The van der Waals surface area contributed by atoms with Gasteiger partial charge in [0, 0.05) is 31.4 Å². The van der Waals surface area contributed by atoms with E-state index in [9.17, 15) is 34.8 Å². The van der Waals surface area contributed by atoms with Crippen LogP contribution in [0.5, 0.6) is 11.6 Å². The van der Waals surface area contributed by atoms with E-state index in [4.69, 9.17) is 4.11 Å². The molecule has 0 radical (unpaired) electrons. The van der Waals surface area contributed by atoms with Crippen LogP contribution in [0.25, 0.3) is 0 Å². The van der Waals surface area contributed by atoms with E-state index in [0.717, 1.165) is 13.3 Å². The fraction of sp³-hybridized carbons (Fsp3) is 0.471. The number of nitrogens with one attached hydrogen (secondary N) is 2. The highest BCUT2D eigenvalue weighted by Gasteiger charge is 2.57. The van der Waals surface area contributed by atoms with Crippen molar-refractivity contribution in [2.24, 2.45) is 0 Å². The van der Waals surface area contributed by atoms with Crippen molar-refractivity contribution in [2.45, 2.75) is 42.5 Å². The van der Waals surface area contributed by atoms with E-state index in [0.29, 0.717) is 6.07 Å². The molecule has 0 spiro atoms. The minimum Gasteiger partial charge on any atom is -0.478 e. The number of H-pyrrole nitrogens is 1. The lowest BCUT2D eigenvalue weighted by Crippen LogP contribution is -2.51. The molecule has 32 heavy (non-hydrogen) atoms. The van der Waals surface area contributed by atoms with Gasteiger partial charge in [-0.25, -0.2) is 12.8 Å². The zero-order valence-corrected chi connectivity index (χ0v) is 16.8. The first-order chi connectivity index (χ1) is 16.0. The molecule has 1 aliphatic carbocycles. The molecule has 0 amide bonds. The molecule has 2 heterocycles. The fourth-order valence-corrected chi connectivity index (χ4v) is 4.54. The highest BCUT2D eigenvalue weighted by Crippen LogP contribution is 2.44. The maximum atomic E-state index is 14.3. The smallest absolute Gasteiger partial charge is 0.417 e. The van der Waals surface area contributed by atoms with Gasteiger partial charge in [0.25, 0.3) is 15.9 Å². The molecule has 0 aromatic carbocycles. The number of alkyl halides is 5. The molecule has 1 atom stereocenters. The summed E-state index contributed by atoms with van der Waals surface area (Å²) >= 11 is 0. The molecule has 0 unspecified atom stereocenters. The number of pyridine rings is 1. The van der Waals surface area contributed by atoms with Crippen LogP contribution in [0.4, 0.5) is 32.2 Å². The summed E-state index contributed by atoms with van der Waals surface area (Å²) in [6, 6.07) is 0.409. The summed E-state index contributed by atoms with van der Waals surface area (Å²) in [7, 11) is -7.06. The van der Waals surface area contributed by atoms with Crippen LogP contribution in [-0.4, -0.2) is 50.9 Å². The van der Waals surface area contributed by atoms with Crippen LogP contribution < -0.4 is 14.2 Å². The van der Waals surface area contributed by atoms with Crippen molar-refractivity contribution < 1.29 is 53.1 Å². The highest BCUT2D eigenvalue weighted by molar-refractivity contribution is 7.92. The minimum absolute atomic E-state index is 0.100. The fourth-order valence-electron chi connectivity index (χ4n) is 3.27. The molecule has 2 aromatic rings. The Morgan fingerprint density at radius 2 is 2.09 bits per heavy atom. The zero-order valence-electron chi connectivity index (χ0n) is 19.0. The topological polar surface area (TPSA) is 103 Å². The standard InChI is InChI=1S/C17H17F6N3O5S/c1-29-14-11(31-15(19)20)5-9(18)13(25-14)26-32(27,28)12-7-24-10-6-16(30-2,17(21,22)23)4-3-8(10)12/h5,7,15,24H,3-4,6H2,1-2H3,(H,25,26)/t16-/m1/s1/i2D3. The Bertz CT molecular complexity index is 1210. The molecule has 0 aliphatic heterocycles. The molecule has 0 bridgehead atoms. The molecule has 0 saturated carbocycles. The van der Waals surface area contributed by atoms with Gasteiger partial charge in [-0.3, -0.25) is 4.72 Å². The first-order valence-corrected chi connectivity index (χ1v) is 10.1. The van der Waals surface area contributed by atoms with Crippen molar-refractivity contribution in [2.75, 3.05) is 18.9 Å². The average Bonchev–Trinajstić information content (AvgIpc) is 3.11. The van der Waals surface area contributed by atoms with Gasteiger partial charge in [-0.1, -0.05) is 0 Å². The van der Waals surface area contributed by atoms with Crippen molar-refractivity contribution >= 4 is 15.8 Å². The van der Waals surface area contributed by atoms with Crippen molar-refractivity contribution in [3.63, 3.8) is 0 Å². The highest BCUT2D eigenvalue weighted by atomic mass is 32.2. The number of hydrogen-bond donors (Lipinski definition) is 2. The lowest BCUT2D eigenvalue weighted by Gasteiger charge is -2.37. The van der Waals surface area contributed by atoms with Gasteiger partial charge in [-0.2, -0.15) is 26.9 Å². The Morgan fingerprint density at radius 1 is 1.38 bits per heavy atom. The third-order valence-electron chi connectivity index (χ3n) is 4.83. The number of aromatic amines is 1. The lowest BCUT2D eigenvalue weighted by atomic mass is 9.83. The van der Waals surface area contributed by atoms with E-state index in [1.165, 1.54) is 0 Å². The number of hydrogen-bond acceptors (Lipinski definition) is 6. The number of sulfonamides is 1. The largest absolute Gasteiger partial charge is 0.478 e. The summed E-state index contributed by atoms with van der Waals surface area (Å²) in [5.74, 6) is -3.84. The average molecular weight is 492 g/mol.